The lowest BCUT2D eigenvalue weighted by molar-refractivity contribution is 0.380. The Morgan fingerprint density at radius 3 is 2.59 bits per heavy atom. The van der Waals surface area contributed by atoms with E-state index in [2.05, 4.69) is 31.9 Å². The van der Waals surface area contributed by atoms with Crippen molar-refractivity contribution >= 4 is 34.6 Å². The van der Waals surface area contributed by atoms with Gasteiger partial charge in [-0.3, -0.25) is 0 Å². The molecule has 2 heterocycles. The second-order valence-electron chi connectivity index (χ2n) is 5.05. The lowest BCUT2D eigenvalue weighted by Crippen LogP contribution is -2.51. The number of anilines is 1. The molecule has 0 unspecified atom stereocenters. The van der Waals surface area contributed by atoms with Crippen molar-refractivity contribution in [2.45, 2.75) is 6.54 Å². The van der Waals surface area contributed by atoms with Crippen LogP contribution >= 0.6 is 22.9 Å². The van der Waals surface area contributed by atoms with E-state index >= 15 is 0 Å². The van der Waals surface area contributed by atoms with E-state index in [-0.39, 0.29) is 0 Å². The molecule has 0 radical (unpaired) electrons. The molecule has 3 rings (SSSR count). The maximum atomic E-state index is 6.09. The van der Waals surface area contributed by atoms with E-state index in [0.717, 1.165) is 36.2 Å². The maximum Gasteiger partial charge on any atom is 0.191 e. The summed E-state index contributed by atoms with van der Waals surface area (Å²) in [5.74, 6) is 0.603. The number of guanidine groups is 1. The molecule has 1 aliphatic rings. The minimum absolute atomic E-state index is 0.556. The van der Waals surface area contributed by atoms with Crippen LogP contribution in [0.15, 0.2) is 40.8 Å². The summed E-state index contributed by atoms with van der Waals surface area (Å²) >= 11 is 7.53. The molecule has 0 bridgehead atoms. The monoisotopic (exact) mass is 335 g/mol. The molecule has 0 atom stereocenters. The van der Waals surface area contributed by atoms with Crippen LogP contribution in [-0.2, 0) is 6.54 Å². The molecule has 5 nitrogen and oxygen atoms in total. The molecule has 1 aliphatic heterocycles. The van der Waals surface area contributed by atoms with Crippen molar-refractivity contribution in [3.63, 3.8) is 0 Å². The Morgan fingerprint density at radius 2 is 1.95 bits per heavy atom. The number of hydrogen-bond donors (Lipinski definition) is 1. The van der Waals surface area contributed by atoms with Gasteiger partial charge in [-0.2, -0.15) is 0 Å². The summed E-state index contributed by atoms with van der Waals surface area (Å²) < 4.78 is 0. The van der Waals surface area contributed by atoms with Crippen molar-refractivity contribution in [2.24, 2.45) is 10.7 Å². The Bertz CT molecular complexity index is 618. The van der Waals surface area contributed by atoms with E-state index in [0.29, 0.717) is 12.5 Å². The fraction of sp³-hybridized carbons (Fsp3) is 0.333. The molecule has 1 fully saturated rings. The van der Waals surface area contributed by atoms with E-state index in [1.807, 2.05) is 17.5 Å². The van der Waals surface area contributed by atoms with Crippen LogP contribution in [0.25, 0.3) is 0 Å². The van der Waals surface area contributed by atoms with Gasteiger partial charge in [0.05, 0.1) is 6.54 Å². The van der Waals surface area contributed by atoms with Crippen LogP contribution in [0.5, 0.6) is 0 Å². The van der Waals surface area contributed by atoms with Gasteiger partial charge in [-0.15, -0.1) is 11.3 Å². The first-order valence-corrected chi connectivity index (χ1v) is 8.42. The predicted molar refractivity (Wildman–Crippen MR) is 92.7 cm³/mol. The van der Waals surface area contributed by atoms with E-state index in [4.69, 9.17) is 17.3 Å². The van der Waals surface area contributed by atoms with Gasteiger partial charge in [-0.25, -0.2) is 9.98 Å². The van der Waals surface area contributed by atoms with Gasteiger partial charge < -0.3 is 15.5 Å². The number of hydrogen-bond acceptors (Lipinski definition) is 4. The highest BCUT2D eigenvalue weighted by atomic mass is 35.5. The van der Waals surface area contributed by atoms with Gasteiger partial charge in [0.15, 0.2) is 5.96 Å². The third-order valence-corrected chi connectivity index (χ3v) is 4.67. The number of aromatic nitrogens is 1. The molecule has 116 valence electrons. The molecule has 1 saturated heterocycles. The summed E-state index contributed by atoms with van der Waals surface area (Å²) in [6.07, 6.45) is 1.79. The van der Waals surface area contributed by atoms with Crippen LogP contribution in [0.1, 0.15) is 5.01 Å². The molecule has 0 amide bonds. The van der Waals surface area contributed by atoms with Gasteiger partial charge in [-0.05, 0) is 24.3 Å². The van der Waals surface area contributed by atoms with Crippen molar-refractivity contribution in [3.05, 3.63) is 45.9 Å². The number of nitrogens with two attached hydrogens (primary N) is 1. The van der Waals surface area contributed by atoms with Crippen LogP contribution in [0.2, 0.25) is 5.02 Å². The van der Waals surface area contributed by atoms with Gasteiger partial charge in [0, 0.05) is 48.5 Å². The van der Waals surface area contributed by atoms with Crippen molar-refractivity contribution in [3.8, 4) is 0 Å². The van der Waals surface area contributed by atoms with Crippen molar-refractivity contribution < 1.29 is 0 Å². The minimum Gasteiger partial charge on any atom is -0.370 e. The molecule has 0 spiro atoms. The van der Waals surface area contributed by atoms with Crippen molar-refractivity contribution in [2.75, 3.05) is 31.1 Å². The molecule has 22 heavy (non-hydrogen) atoms. The fourth-order valence-electron chi connectivity index (χ4n) is 2.43. The largest absolute Gasteiger partial charge is 0.370 e. The van der Waals surface area contributed by atoms with E-state index in [1.165, 1.54) is 5.69 Å². The Hall–Kier alpha value is -1.79. The highest BCUT2D eigenvalue weighted by Crippen LogP contribution is 2.19. The van der Waals surface area contributed by atoms with Crippen LogP contribution in [0, 0.1) is 0 Å². The number of piperazine rings is 1. The van der Waals surface area contributed by atoms with Gasteiger partial charge in [0.25, 0.3) is 0 Å². The van der Waals surface area contributed by atoms with Crippen LogP contribution in [0.3, 0.4) is 0 Å². The maximum absolute atomic E-state index is 6.09. The molecule has 1 aromatic carbocycles. The summed E-state index contributed by atoms with van der Waals surface area (Å²) in [5, 5.41) is 3.70. The van der Waals surface area contributed by atoms with Crippen molar-refractivity contribution in [1.82, 2.24) is 9.88 Å². The highest BCUT2D eigenvalue weighted by Gasteiger charge is 2.18. The second kappa shape index (κ2) is 6.98. The third-order valence-electron chi connectivity index (χ3n) is 3.66. The quantitative estimate of drug-likeness (QED) is 0.691. The zero-order valence-corrected chi connectivity index (χ0v) is 13.7. The lowest BCUT2D eigenvalue weighted by atomic mass is 10.2. The van der Waals surface area contributed by atoms with Crippen LogP contribution < -0.4 is 10.6 Å². The number of thiazole rings is 1. The van der Waals surface area contributed by atoms with Crippen LogP contribution in [0.4, 0.5) is 5.69 Å². The first-order valence-electron chi connectivity index (χ1n) is 7.16. The average Bonchev–Trinajstić information content (AvgIpc) is 3.07. The fourth-order valence-corrected chi connectivity index (χ4v) is 3.09. The predicted octanol–water partition coefficient (Wildman–Crippen LogP) is 2.43. The average molecular weight is 336 g/mol. The van der Waals surface area contributed by atoms with E-state index < -0.39 is 0 Å². The number of nitrogens with zero attached hydrogens (tertiary/aromatic N) is 4. The molecule has 2 aromatic rings. The molecule has 2 N–H and O–H groups in total. The standard InChI is InChI=1S/C15H18ClN5S/c16-12-1-3-13(4-2-12)20-6-8-21(9-7-20)15(17)19-11-14-18-5-10-22-14/h1-5,10H,6-9,11H2,(H2,17,19). The highest BCUT2D eigenvalue weighted by molar-refractivity contribution is 7.09. The number of aliphatic imine (C=N–C) groups is 1. The molecular formula is C15H18ClN5S. The van der Waals surface area contributed by atoms with Crippen molar-refractivity contribution in [1.29, 1.82) is 0 Å². The SMILES string of the molecule is NC(=NCc1nccs1)N1CCN(c2ccc(Cl)cc2)CC1. The number of halogens is 1. The minimum atomic E-state index is 0.556. The van der Waals surface area contributed by atoms with E-state index in [1.54, 1.807) is 17.5 Å². The number of benzene rings is 1. The normalized spacial score (nSPS) is 16.1. The first kappa shape index (κ1) is 15.1. The van der Waals surface area contributed by atoms with Gasteiger partial charge in [-0.1, -0.05) is 11.6 Å². The number of rotatable bonds is 3. The second-order valence-corrected chi connectivity index (χ2v) is 6.47. The van der Waals surface area contributed by atoms with Crippen LogP contribution in [-0.4, -0.2) is 42.0 Å². The van der Waals surface area contributed by atoms with E-state index in [9.17, 15) is 0 Å². The molecule has 0 aliphatic carbocycles. The first-order chi connectivity index (χ1) is 10.7. The zero-order chi connectivity index (χ0) is 15.4. The smallest absolute Gasteiger partial charge is 0.191 e. The molecule has 7 heteroatoms. The Labute approximate surface area is 139 Å². The summed E-state index contributed by atoms with van der Waals surface area (Å²) in [5.41, 5.74) is 7.28. The summed E-state index contributed by atoms with van der Waals surface area (Å²) in [4.78, 5) is 13.1. The summed E-state index contributed by atoms with van der Waals surface area (Å²) in [7, 11) is 0. The Kier molecular flexibility index (Phi) is 4.80. The lowest BCUT2D eigenvalue weighted by Gasteiger charge is -2.36. The molecule has 0 saturated carbocycles. The zero-order valence-electron chi connectivity index (χ0n) is 12.2. The summed E-state index contributed by atoms with van der Waals surface area (Å²) in [6.45, 7) is 4.15. The Morgan fingerprint density at radius 1 is 1.23 bits per heavy atom. The van der Waals surface area contributed by atoms with Gasteiger partial charge in [0.1, 0.15) is 5.01 Å². The molecular weight excluding hydrogens is 318 g/mol. The Balaban J connectivity index is 1.54. The third kappa shape index (κ3) is 3.69. The topological polar surface area (TPSA) is 57.8 Å². The summed E-state index contributed by atoms with van der Waals surface area (Å²) in [6, 6.07) is 7.95. The van der Waals surface area contributed by atoms with Gasteiger partial charge in [0.2, 0.25) is 0 Å². The molecule has 1 aromatic heterocycles. The van der Waals surface area contributed by atoms with Gasteiger partial charge >= 0.3 is 0 Å².